The fourth-order valence-electron chi connectivity index (χ4n) is 5.58. The third kappa shape index (κ3) is 7.18. The highest BCUT2D eigenvalue weighted by molar-refractivity contribution is 6.06. The number of fused-ring (bicyclic) bond motifs is 2. The Labute approximate surface area is 238 Å². The summed E-state index contributed by atoms with van der Waals surface area (Å²) >= 11 is 0. The molecule has 1 aromatic rings. The minimum Gasteiger partial charge on any atom is -0.493 e. The van der Waals surface area contributed by atoms with Gasteiger partial charge in [-0.2, -0.15) is 0 Å². The number of hydrogen-bond acceptors (Lipinski definition) is 7. The maximum absolute atomic E-state index is 14.0. The highest BCUT2D eigenvalue weighted by Crippen LogP contribution is 2.42. The molecule has 3 atom stereocenters. The number of benzene rings is 1. The number of allylic oxidation sites excluding steroid dienone is 1. The second kappa shape index (κ2) is 14.6. The largest absolute Gasteiger partial charge is 0.493 e. The summed E-state index contributed by atoms with van der Waals surface area (Å²) in [5.41, 5.74) is 1.91. The van der Waals surface area contributed by atoms with Gasteiger partial charge in [-0.3, -0.25) is 4.79 Å². The van der Waals surface area contributed by atoms with Crippen LogP contribution in [0.3, 0.4) is 0 Å². The van der Waals surface area contributed by atoms with Gasteiger partial charge in [0.05, 0.1) is 31.0 Å². The summed E-state index contributed by atoms with van der Waals surface area (Å²) in [7, 11) is 1.55. The van der Waals surface area contributed by atoms with Crippen LogP contribution < -0.4 is 14.4 Å². The van der Waals surface area contributed by atoms with E-state index < -0.39 is 18.6 Å². The fourth-order valence-corrected chi connectivity index (χ4v) is 5.58. The van der Waals surface area contributed by atoms with Crippen LogP contribution in [-0.2, 0) is 14.2 Å². The Balaban J connectivity index is 1.71. The summed E-state index contributed by atoms with van der Waals surface area (Å²) in [6.45, 7) is 11.4. The molecule has 3 aliphatic rings. The second-order valence-corrected chi connectivity index (χ2v) is 10.8. The van der Waals surface area contributed by atoms with Gasteiger partial charge in [0.25, 0.3) is 5.91 Å². The number of carbonyl (C=O) groups excluding carboxylic acids is 2. The number of methoxy groups -OCH3 is 1. The molecule has 1 aromatic carbocycles. The SMILES string of the molecule is C=CCOC(=O)N1c2cc(OCCCCCC(=C)C)c(OC)cc2C(=O)N2CCCCC2C1OC1CCCCO1. The lowest BCUT2D eigenvalue weighted by Gasteiger charge is -2.42. The number of hydrogen-bond donors (Lipinski definition) is 0. The average molecular weight is 557 g/mol. The Morgan fingerprint density at radius 1 is 1.12 bits per heavy atom. The molecule has 3 aliphatic heterocycles. The molecule has 9 nitrogen and oxygen atoms in total. The second-order valence-electron chi connectivity index (χ2n) is 10.8. The van der Waals surface area contributed by atoms with Crippen LogP contribution in [0.1, 0.15) is 81.5 Å². The Morgan fingerprint density at radius 3 is 2.67 bits per heavy atom. The minimum atomic E-state index is -0.783. The van der Waals surface area contributed by atoms with Crippen LogP contribution in [-0.4, -0.2) is 68.9 Å². The van der Waals surface area contributed by atoms with E-state index in [9.17, 15) is 9.59 Å². The van der Waals surface area contributed by atoms with Crippen LogP contribution in [0.15, 0.2) is 36.9 Å². The highest BCUT2D eigenvalue weighted by Gasteiger charge is 2.46. The van der Waals surface area contributed by atoms with Crippen molar-refractivity contribution in [2.45, 2.75) is 89.7 Å². The van der Waals surface area contributed by atoms with Crippen molar-refractivity contribution in [3.05, 3.63) is 42.5 Å². The molecule has 3 heterocycles. The summed E-state index contributed by atoms with van der Waals surface area (Å²) in [5, 5.41) is 0. The number of nitrogens with zero attached hydrogens (tertiary/aromatic N) is 2. The van der Waals surface area contributed by atoms with E-state index >= 15 is 0 Å². The number of amides is 2. The van der Waals surface area contributed by atoms with Gasteiger partial charge in [-0.15, -0.1) is 6.58 Å². The quantitative estimate of drug-likeness (QED) is 0.223. The molecule has 0 aliphatic carbocycles. The van der Waals surface area contributed by atoms with Crippen molar-refractivity contribution < 1.29 is 33.3 Å². The van der Waals surface area contributed by atoms with Crippen LogP contribution in [0.25, 0.3) is 0 Å². The first-order chi connectivity index (χ1) is 19.4. The standard InChI is InChI=1S/C31H44N2O7/c1-5-17-39-31(35)33-25-21-27(37-18-11-6-7-13-22(2)3)26(36-4)20-23(25)29(34)32-16-10-8-14-24(32)30(33)40-28-15-9-12-19-38-28/h5,20-21,24,28,30H,1-2,6-19H2,3-4H3. The molecule has 220 valence electrons. The van der Waals surface area contributed by atoms with Crippen molar-refractivity contribution in [3.63, 3.8) is 0 Å². The molecule has 9 heteroatoms. The van der Waals surface area contributed by atoms with E-state index in [1.54, 1.807) is 19.2 Å². The first kappa shape index (κ1) is 29.9. The Kier molecular flexibility index (Phi) is 10.9. The number of unbranched alkanes of at least 4 members (excludes halogenated alkanes) is 2. The number of piperidine rings is 1. The van der Waals surface area contributed by atoms with E-state index in [1.807, 2.05) is 11.8 Å². The summed E-state index contributed by atoms with van der Waals surface area (Å²) in [5.74, 6) is 0.738. The van der Waals surface area contributed by atoms with Gasteiger partial charge in [-0.25, -0.2) is 9.69 Å². The van der Waals surface area contributed by atoms with Crippen molar-refractivity contribution in [1.29, 1.82) is 0 Å². The minimum absolute atomic E-state index is 0.0311. The summed E-state index contributed by atoms with van der Waals surface area (Å²) in [4.78, 5) is 31.0. The molecule has 0 saturated carbocycles. The van der Waals surface area contributed by atoms with Gasteiger partial charge in [0.2, 0.25) is 0 Å². The third-order valence-electron chi connectivity index (χ3n) is 7.62. The predicted octanol–water partition coefficient (Wildman–Crippen LogP) is 6.22. The van der Waals surface area contributed by atoms with Crippen molar-refractivity contribution in [1.82, 2.24) is 4.90 Å². The zero-order valence-electron chi connectivity index (χ0n) is 24.0. The zero-order valence-corrected chi connectivity index (χ0v) is 24.0. The van der Waals surface area contributed by atoms with Gasteiger partial charge < -0.3 is 28.6 Å². The number of rotatable bonds is 12. The predicted molar refractivity (Wildman–Crippen MR) is 153 cm³/mol. The molecule has 2 saturated heterocycles. The van der Waals surface area contributed by atoms with Crippen LogP contribution in [0.5, 0.6) is 11.5 Å². The number of carbonyl (C=O) groups is 2. The smallest absolute Gasteiger partial charge is 0.416 e. The maximum atomic E-state index is 14.0. The summed E-state index contributed by atoms with van der Waals surface area (Å²) in [6.07, 6.45) is 8.75. The average Bonchev–Trinajstić information content (AvgIpc) is 3.06. The lowest BCUT2D eigenvalue weighted by atomic mass is 10.00. The van der Waals surface area contributed by atoms with E-state index in [-0.39, 0.29) is 18.6 Å². The van der Waals surface area contributed by atoms with Crippen LogP contribution in [0.2, 0.25) is 0 Å². The normalized spacial score (nSPS) is 22.6. The van der Waals surface area contributed by atoms with Crippen LogP contribution in [0.4, 0.5) is 10.5 Å². The zero-order chi connectivity index (χ0) is 28.5. The van der Waals surface area contributed by atoms with Crippen molar-refractivity contribution in [2.24, 2.45) is 0 Å². The van der Waals surface area contributed by atoms with Gasteiger partial charge >= 0.3 is 6.09 Å². The number of ether oxygens (including phenoxy) is 5. The summed E-state index contributed by atoms with van der Waals surface area (Å²) in [6, 6.07) is 3.04. The number of anilines is 1. The Hall–Kier alpha value is -3.04. The highest BCUT2D eigenvalue weighted by atomic mass is 16.7. The topological polar surface area (TPSA) is 86.8 Å². The first-order valence-electron chi connectivity index (χ1n) is 14.6. The lowest BCUT2D eigenvalue weighted by molar-refractivity contribution is -0.198. The molecule has 3 unspecified atom stereocenters. The van der Waals surface area contributed by atoms with Gasteiger partial charge in [-0.1, -0.05) is 18.2 Å². The molecular formula is C31H44N2O7. The monoisotopic (exact) mass is 556 g/mol. The maximum Gasteiger partial charge on any atom is 0.416 e. The molecule has 2 fully saturated rings. The molecule has 0 bridgehead atoms. The Morgan fingerprint density at radius 2 is 1.95 bits per heavy atom. The first-order valence-corrected chi connectivity index (χ1v) is 14.6. The molecular weight excluding hydrogens is 512 g/mol. The van der Waals surface area contributed by atoms with Crippen LogP contribution >= 0.6 is 0 Å². The molecule has 40 heavy (non-hydrogen) atoms. The van der Waals surface area contributed by atoms with E-state index in [0.717, 1.165) is 57.8 Å². The molecule has 0 N–H and O–H groups in total. The van der Waals surface area contributed by atoms with Gasteiger partial charge in [0.1, 0.15) is 6.61 Å². The third-order valence-corrected chi connectivity index (χ3v) is 7.62. The van der Waals surface area contributed by atoms with Crippen molar-refractivity contribution in [2.75, 3.05) is 38.4 Å². The van der Waals surface area contributed by atoms with Crippen molar-refractivity contribution in [3.8, 4) is 11.5 Å². The fraction of sp³-hybridized carbons (Fsp3) is 0.613. The van der Waals surface area contributed by atoms with Crippen LogP contribution in [0, 0.1) is 0 Å². The van der Waals surface area contributed by atoms with Gasteiger partial charge in [0, 0.05) is 19.2 Å². The van der Waals surface area contributed by atoms with Crippen molar-refractivity contribution >= 4 is 17.7 Å². The molecule has 0 radical (unpaired) electrons. The van der Waals surface area contributed by atoms with E-state index in [4.69, 9.17) is 23.7 Å². The summed E-state index contributed by atoms with van der Waals surface area (Å²) < 4.78 is 29.8. The van der Waals surface area contributed by atoms with Gasteiger partial charge in [-0.05, 0) is 77.2 Å². The molecule has 0 aromatic heterocycles. The molecule has 2 amide bonds. The van der Waals surface area contributed by atoms with E-state index in [2.05, 4.69) is 13.2 Å². The molecule has 4 rings (SSSR count). The lowest BCUT2D eigenvalue weighted by Crippen LogP contribution is -2.57. The van der Waals surface area contributed by atoms with E-state index in [0.29, 0.717) is 48.9 Å². The Bertz CT molecular complexity index is 1050. The van der Waals surface area contributed by atoms with Gasteiger partial charge in [0.15, 0.2) is 24.0 Å². The van der Waals surface area contributed by atoms with E-state index in [1.165, 1.54) is 16.5 Å². The molecule has 0 spiro atoms.